The molecule has 0 bridgehead atoms. The van der Waals surface area contributed by atoms with Crippen molar-refractivity contribution in [2.45, 2.75) is 215 Å². The first-order valence-corrected chi connectivity index (χ1v) is 25.0. The molecule has 36 heteroatoms. The zero-order chi connectivity index (χ0) is 58.1. The largest absolute Gasteiger partial charge is 0.394 e. The zero-order valence-corrected chi connectivity index (χ0v) is 41.7. The van der Waals surface area contributed by atoms with Gasteiger partial charge in [-0.3, -0.25) is 0 Å². The Bertz CT molecular complexity index is 1830. The first kappa shape index (κ1) is 65.1. The van der Waals surface area contributed by atoms with E-state index in [-0.39, 0.29) is 0 Å². The molecule has 0 radical (unpaired) electrons. The average Bonchev–Trinajstić information content (AvgIpc) is 3.54. The van der Waals surface area contributed by atoms with Crippen molar-refractivity contribution in [3.63, 3.8) is 0 Å². The molecule has 22 N–H and O–H groups in total. The Morgan fingerprint density at radius 3 is 0.848 bits per heavy atom. The van der Waals surface area contributed by atoms with Gasteiger partial charge in [-0.25, -0.2) is 0 Å². The standard InChI is InChI=1S/C43H74O36/c1-66-40-33(25(59)18(52)11(4-46)70-40)78-43-36(28(62)21(55)14(7-49)73-43)79-42-35(27(61)20(54)13(6-48)72-42)77-39-31(65)32(22(56)15(74-39)8-67-37-29(63)23(57)16(50)9(2-44)68-37)75-41-34(26(60)19(53)12(5-47)71-41)76-38-30(64)24(58)17(51)10(3-45)69-38/h9-65H,2-8H2,1H3/t9-,10-,11-,12-,13-,14-,15-,16-,17-,18-,19-,20-,21-,22-,23+,24+,25+,26+,27+,28+,29+,30+,31+,32+,33+,34+,35+,36+,37+,38-,39-,40-,41-,42-,43-/m1/s1. The van der Waals surface area contributed by atoms with Crippen molar-refractivity contribution in [2.75, 3.05) is 53.4 Å². The minimum atomic E-state index is -2.45. The summed E-state index contributed by atoms with van der Waals surface area (Å²) in [5.41, 5.74) is 0. The van der Waals surface area contributed by atoms with Gasteiger partial charge in [0.05, 0.1) is 46.2 Å². The Kier molecular flexibility index (Phi) is 23.2. The molecular formula is C43H74O36. The van der Waals surface area contributed by atoms with Gasteiger partial charge in [-0.15, -0.1) is 0 Å². The summed E-state index contributed by atoms with van der Waals surface area (Å²) in [5.74, 6) is 0. The number of aliphatic hydroxyl groups is 22. The summed E-state index contributed by atoms with van der Waals surface area (Å²) in [5, 5.41) is 236. The fraction of sp³-hybridized carbons (Fsp3) is 1.00. The van der Waals surface area contributed by atoms with Gasteiger partial charge in [0.1, 0.15) is 171 Å². The highest BCUT2D eigenvalue weighted by atomic mass is 16.8. The van der Waals surface area contributed by atoms with Crippen LogP contribution in [0.1, 0.15) is 0 Å². The van der Waals surface area contributed by atoms with Gasteiger partial charge >= 0.3 is 0 Å². The predicted octanol–water partition coefficient (Wildman–Crippen LogP) is -15.6. The number of ether oxygens (including phenoxy) is 14. The van der Waals surface area contributed by atoms with Crippen molar-refractivity contribution in [3.8, 4) is 0 Å². The molecule has 79 heavy (non-hydrogen) atoms. The highest BCUT2D eigenvalue weighted by Gasteiger charge is 2.59. The molecule has 0 aromatic rings. The van der Waals surface area contributed by atoms with E-state index in [1.165, 1.54) is 0 Å². The maximum absolute atomic E-state index is 12.1. The third kappa shape index (κ3) is 13.5. The quantitative estimate of drug-likeness (QED) is 0.0538. The second-order valence-electron chi connectivity index (χ2n) is 19.8. The topological polar surface area (TPSA) is 574 Å². The van der Waals surface area contributed by atoms with Crippen LogP contribution in [0.25, 0.3) is 0 Å². The highest BCUT2D eigenvalue weighted by Crippen LogP contribution is 2.38. The van der Waals surface area contributed by atoms with Crippen molar-refractivity contribution >= 4 is 0 Å². The Morgan fingerprint density at radius 2 is 0.494 bits per heavy atom. The molecule has 0 saturated carbocycles. The van der Waals surface area contributed by atoms with Crippen molar-refractivity contribution < 1.29 is 179 Å². The minimum absolute atomic E-state index is 0.807. The Balaban J connectivity index is 1.22. The van der Waals surface area contributed by atoms with Crippen LogP contribution >= 0.6 is 0 Å². The maximum Gasteiger partial charge on any atom is 0.187 e. The minimum Gasteiger partial charge on any atom is -0.394 e. The summed E-state index contributed by atoms with van der Waals surface area (Å²) in [6.07, 6.45) is -70.2. The third-order valence-corrected chi connectivity index (χ3v) is 14.8. The van der Waals surface area contributed by atoms with Crippen LogP contribution < -0.4 is 0 Å². The molecule has 36 nitrogen and oxygen atoms in total. The van der Waals surface area contributed by atoms with Gasteiger partial charge in [0.15, 0.2) is 44.0 Å². The molecule has 462 valence electrons. The summed E-state index contributed by atoms with van der Waals surface area (Å²) >= 11 is 0. The van der Waals surface area contributed by atoms with Gasteiger partial charge < -0.3 is 179 Å². The van der Waals surface area contributed by atoms with E-state index in [1.54, 1.807) is 0 Å². The van der Waals surface area contributed by atoms with Gasteiger partial charge in [-0.1, -0.05) is 0 Å². The lowest BCUT2D eigenvalue weighted by atomic mass is 9.95. The van der Waals surface area contributed by atoms with Crippen molar-refractivity contribution in [3.05, 3.63) is 0 Å². The van der Waals surface area contributed by atoms with Gasteiger partial charge in [-0.2, -0.15) is 0 Å². The van der Waals surface area contributed by atoms with Gasteiger partial charge in [0, 0.05) is 7.11 Å². The van der Waals surface area contributed by atoms with Crippen LogP contribution in [0.4, 0.5) is 0 Å². The van der Waals surface area contributed by atoms with Gasteiger partial charge in [0.2, 0.25) is 0 Å². The summed E-state index contributed by atoms with van der Waals surface area (Å²) in [6.45, 7) is -6.79. The third-order valence-electron chi connectivity index (χ3n) is 14.8. The van der Waals surface area contributed by atoms with Gasteiger partial charge in [-0.05, 0) is 0 Å². The number of hydrogen-bond acceptors (Lipinski definition) is 36. The lowest BCUT2D eigenvalue weighted by Gasteiger charge is -2.50. The zero-order valence-electron chi connectivity index (χ0n) is 41.7. The molecule has 7 aliphatic rings. The van der Waals surface area contributed by atoms with E-state index in [9.17, 15) is 112 Å². The number of methoxy groups -OCH3 is 1. The van der Waals surface area contributed by atoms with E-state index in [2.05, 4.69) is 0 Å². The van der Waals surface area contributed by atoms with Crippen LogP contribution in [-0.4, -0.2) is 381 Å². The van der Waals surface area contributed by atoms with Crippen molar-refractivity contribution in [1.29, 1.82) is 0 Å². The van der Waals surface area contributed by atoms with Crippen molar-refractivity contribution in [1.82, 2.24) is 0 Å². The van der Waals surface area contributed by atoms with E-state index in [1.807, 2.05) is 0 Å². The van der Waals surface area contributed by atoms with Crippen LogP contribution in [0, 0.1) is 0 Å². The summed E-state index contributed by atoms with van der Waals surface area (Å²) in [6, 6.07) is 0. The molecule has 7 rings (SSSR count). The van der Waals surface area contributed by atoms with E-state index >= 15 is 0 Å². The molecule has 0 aliphatic carbocycles. The van der Waals surface area contributed by atoms with Gasteiger partial charge in [0.25, 0.3) is 0 Å². The van der Waals surface area contributed by atoms with Crippen LogP contribution in [0.3, 0.4) is 0 Å². The van der Waals surface area contributed by atoms with Crippen LogP contribution in [0.5, 0.6) is 0 Å². The number of rotatable bonds is 20. The SMILES string of the molecule is CO[C@@H]1O[C@H](CO)[C@@H](O)[C@H](O)[C@@H]1O[C@H]1O[C@H](CO)[C@@H](O)[C@H](O)[C@@H]1O[C@H]1O[C@H](CO)[C@@H](O)[C@H](O)[C@@H]1O[C@H]1O[C@H](CO[C@H]2O[C@H](CO)[C@@H](O)[C@H](O)[C@@H]2O)[C@@H](O)[C@H](O[C@H]2O[C@H](CO)[C@@H](O)[C@H](O)[C@@H]2O[C@H]2O[C@H](CO)[C@@H](O)[C@H](O)[C@@H]2O)[C@@H]1O. The average molecular weight is 1170 g/mol. The van der Waals surface area contributed by atoms with E-state index in [0.717, 1.165) is 7.11 Å². The van der Waals surface area contributed by atoms with E-state index in [0.29, 0.717) is 0 Å². The molecule has 7 fully saturated rings. The monoisotopic (exact) mass is 1170 g/mol. The van der Waals surface area contributed by atoms with Crippen LogP contribution in [-0.2, 0) is 66.3 Å². The summed E-state index contributed by atoms with van der Waals surface area (Å²) < 4.78 is 79.9. The summed E-state index contributed by atoms with van der Waals surface area (Å²) in [4.78, 5) is 0. The second kappa shape index (κ2) is 28.2. The summed E-state index contributed by atoms with van der Waals surface area (Å²) in [7, 11) is 1.09. The van der Waals surface area contributed by atoms with Crippen LogP contribution in [0.2, 0.25) is 0 Å². The van der Waals surface area contributed by atoms with Crippen LogP contribution in [0.15, 0.2) is 0 Å². The molecule has 7 aliphatic heterocycles. The predicted molar refractivity (Wildman–Crippen MR) is 237 cm³/mol. The molecule has 0 unspecified atom stereocenters. The first-order valence-electron chi connectivity index (χ1n) is 25.0. The Morgan fingerprint density at radius 1 is 0.241 bits per heavy atom. The Labute approximate surface area is 446 Å². The first-order chi connectivity index (χ1) is 37.5. The maximum atomic E-state index is 12.1. The molecule has 7 heterocycles. The normalized spacial score (nSPS) is 53.0. The Hall–Kier alpha value is -1.44. The lowest BCUT2D eigenvalue weighted by Crippen LogP contribution is -2.69. The van der Waals surface area contributed by atoms with E-state index < -0.39 is 261 Å². The molecule has 0 amide bonds. The van der Waals surface area contributed by atoms with Crippen molar-refractivity contribution in [2.24, 2.45) is 0 Å². The second-order valence-corrected chi connectivity index (χ2v) is 19.8. The molecule has 35 atom stereocenters. The molecular weight excluding hydrogens is 1090 g/mol. The number of aliphatic hydroxyl groups excluding tert-OH is 22. The van der Waals surface area contributed by atoms with E-state index in [4.69, 9.17) is 66.3 Å². The number of hydrogen-bond donors (Lipinski definition) is 22. The smallest absolute Gasteiger partial charge is 0.187 e. The molecule has 0 aromatic heterocycles. The molecule has 7 saturated heterocycles. The lowest BCUT2D eigenvalue weighted by molar-refractivity contribution is -0.413. The highest BCUT2D eigenvalue weighted by molar-refractivity contribution is 5.00. The molecule has 0 spiro atoms. The fourth-order valence-corrected chi connectivity index (χ4v) is 9.98. The fourth-order valence-electron chi connectivity index (χ4n) is 9.98. The molecule has 0 aromatic carbocycles.